The van der Waals surface area contributed by atoms with Crippen molar-refractivity contribution in [2.75, 3.05) is 22.8 Å². The number of amides is 1. The van der Waals surface area contributed by atoms with Crippen LogP contribution in [0, 0.1) is 0 Å². The summed E-state index contributed by atoms with van der Waals surface area (Å²) in [6.45, 7) is 3.50. The highest BCUT2D eigenvalue weighted by molar-refractivity contribution is 7.92. The number of nitrogens with zero attached hydrogens (tertiary/aromatic N) is 1. The van der Waals surface area contributed by atoms with E-state index in [0.29, 0.717) is 35.2 Å². The van der Waals surface area contributed by atoms with Gasteiger partial charge in [-0.05, 0) is 60.7 Å². The number of carbonyl (C=O) groups excluding carboxylic acids is 1. The molecule has 4 aromatic rings. The Morgan fingerprint density at radius 1 is 0.811 bits per heavy atom. The lowest BCUT2D eigenvalue weighted by Gasteiger charge is -2.24. The maximum atomic E-state index is 13.6. The molecule has 4 aromatic carbocycles. The summed E-state index contributed by atoms with van der Waals surface area (Å²) in [6, 6.07) is 30.6. The lowest BCUT2D eigenvalue weighted by Crippen LogP contribution is -2.38. The van der Waals surface area contributed by atoms with E-state index in [-0.39, 0.29) is 4.90 Å². The Hall–Kier alpha value is -4.56. The molecule has 0 aromatic heterocycles. The Balaban J connectivity index is 1.58. The minimum atomic E-state index is -4.04. The summed E-state index contributed by atoms with van der Waals surface area (Å²) in [5.74, 6) is 1.24. The highest BCUT2D eigenvalue weighted by Gasteiger charge is 2.27. The summed E-state index contributed by atoms with van der Waals surface area (Å²) in [7, 11) is -4.04. The Labute approximate surface area is 216 Å². The van der Waals surface area contributed by atoms with Crippen molar-refractivity contribution < 1.29 is 22.7 Å². The molecular weight excluding hydrogens is 488 g/mol. The number of benzene rings is 4. The zero-order valence-electron chi connectivity index (χ0n) is 20.0. The van der Waals surface area contributed by atoms with Gasteiger partial charge in [0.1, 0.15) is 30.4 Å². The molecule has 0 bridgehead atoms. The fraction of sp³-hybridized carbons (Fsp3) is 0.0690. The minimum Gasteiger partial charge on any atom is -0.489 e. The van der Waals surface area contributed by atoms with Crippen LogP contribution in [0.1, 0.15) is 0 Å². The molecule has 8 heteroatoms. The predicted octanol–water partition coefficient (Wildman–Crippen LogP) is 5.88. The molecule has 0 aliphatic rings. The molecule has 0 radical (unpaired) electrons. The number of para-hydroxylation sites is 1. The molecule has 37 heavy (non-hydrogen) atoms. The first kappa shape index (κ1) is 25.5. The fourth-order valence-electron chi connectivity index (χ4n) is 3.49. The summed E-state index contributed by atoms with van der Waals surface area (Å²) in [5, 5.41) is 2.75. The molecule has 7 nitrogen and oxygen atoms in total. The van der Waals surface area contributed by atoms with Crippen LogP contribution in [0.4, 0.5) is 11.4 Å². The van der Waals surface area contributed by atoms with Crippen molar-refractivity contribution >= 4 is 27.3 Å². The second-order valence-electron chi connectivity index (χ2n) is 7.91. The summed E-state index contributed by atoms with van der Waals surface area (Å²) >= 11 is 0. The summed E-state index contributed by atoms with van der Waals surface area (Å²) in [6.07, 6.45) is 1.62. The number of nitrogens with one attached hydrogen (secondary N) is 1. The normalized spacial score (nSPS) is 10.8. The van der Waals surface area contributed by atoms with Crippen molar-refractivity contribution in [2.45, 2.75) is 4.90 Å². The smallest absolute Gasteiger partial charge is 0.264 e. The Morgan fingerprint density at radius 3 is 2.11 bits per heavy atom. The van der Waals surface area contributed by atoms with Gasteiger partial charge < -0.3 is 14.8 Å². The third-order valence-corrected chi connectivity index (χ3v) is 7.00. The van der Waals surface area contributed by atoms with Crippen LogP contribution in [0.25, 0.3) is 0 Å². The fourth-order valence-corrected chi connectivity index (χ4v) is 4.93. The highest BCUT2D eigenvalue weighted by atomic mass is 32.2. The van der Waals surface area contributed by atoms with Gasteiger partial charge in [0.15, 0.2) is 0 Å². The second-order valence-corrected chi connectivity index (χ2v) is 9.77. The number of anilines is 2. The van der Waals surface area contributed by atoms with Gasteiger partial charge in [-0.3, -0.25) is 9.10 Å². The van der Waals surface area contributed by atoms with E-state index >= 15 is 0 Å². The van der Waals surface area contributed by atoms with Crippen molar-refractivity contribution in [1.29, 1.82) is 0 Å². The molecule has 0 spiro atoms. The van der Waals surface area contributed by atoms with Crippen molar-refractivity contribution in [3.05, 3.63) is 122 Å². The maximum absolute atomic E-state index is 13.6. The maximum Gasteiger partial charge on any atom is 0.264 e. The third-order valence-electron chi connectivity index (χ3n) is 5.21. The Bertz CT molecular complexity index is 1440. The predicted molar refractivity (Wildman–Crippen MR) is 145 cm³/mol. The molecule has 0 heterocycles. The van der Waals surface area contributed by atoms with Crippen molar-refractivity contribution in [3.8, 4) is 17.2 Å². The minimum absolute atomic E-state index is 0.0761. The summed E-state index contributed by atoms with van der Waals surface area (Å²) in [4.78, 5) is 13.1. The largest absolute Gasteiger partial charge is 0.489 e. The van der Waals surface area contributed by atoms with Gasteiger partial charge in [0.25, 0.3) is 10.0 Å². The number of sulfonamides is 1. The first-order valence-corrected chi connectivity index (χ1v) is 12.9. The molecule has 0 unspecified atom stereocenters. The Morgan fingerprint density at radius 2 is 1.43 bits per heavy atom. The van der Waals surface area contributed by atoms with Gasteiger partial charge in [0.05, 0.1) is 10.6 Å². The molecule has 0 aliphatic heterocycles. The van der Waals surface area contributed by atoms with Crippen LogP contribution >= 0.6 is 0 Å². The van der Waals surface area contributed by atoms with Crippen LogP contribution in [0.15, 0.2) is 127 Å². The monoisotopic (exact) mass is 514 g/mol. The van der Waals surface area contributed by atoms with Gasteiger partial charge in [0.2, 0.25) is 5.91 Å². The van der Waals surface area contributed by atoms with Crippen molar-refractivity contribution in [3.63, 3.8) is 0 Å². The van der Waals surface area contributed by atoms with Crippen LogP contribution < -0.4 is 19.1 Å². The molecule has 1 amide bonds. The standard InChI is InChI=1S/C29H26N2O5S/c1-2-20-35-27-13-9-10-23(21-27)30-29(32)22-31(37(33,34)28-14-7-4-8-15-28)24-16-18-26(19-17-24)36-25-11-5-3-6-12-25/h2-19,21H,1,20,22H2,(H,30,32). The van der Waals surface area contributed by atoms with Gasteiger partial charge in [-0.15, -0.1) is 0 Å². The van der Waals surface area contributed by atoms with E-state index in [1.807, 2.05) is 30.3 Å². The first-order valence-electron chi connectivity index (χ1n) is 11.5. The second kappa shape index (κ2) is 11.9. The number of ether oxygens (including phenoxy) is 2. The molecule has 0 saturated heterocycles. The lowest BCUT2D eigenvalue weighted by molar-refractivity contribution is -0.114. The number of hydrogen-bond acceptors (Lipinski definition) is 5. The van der Waals surface area contributed by atoms with Crippen molar-refractivity contribution in [1.82, 2.24) is 0 Å². The topological polar surface area (TPSA) is 84.9 Å². The van der Waals surface area contributed by atoms with E-state index in [9.17, 15) is 13.2 Å². The van der Waals surface area contributed by atoms with Gasteiger partial charge in [-0.2, -0.15) is 0 Å². The quantitative estimate of drug-likeness (QED) is 0.253. The van der Waals surface area contributed by atoms with E-state index in [2.05, 4.69) is 11.9 Å². The molecule has 1 N–H and O–H groups in total. The van der Waals surface area contributed by atoms with E-state index in [1.165, 1.54) is 12.1 Å². The molecule has 0 aliphatic carbocycles. The van der Waals surface area contributed by atoms with E-state index in [0.717, 1.165) is 4.31 Å². The van der Waals surface area contributed by atoms with Crippen molar-refractivity contribution in [2.24, 2.45) is 0 Å². The van der Waals surface area contributed by atoms with Crippen LogP contribution in [-0.4, -0.2) is 27.5 Å². The molecule has 4 rings (SSSR count). The number of rotatable bonds is 11. The van der Waals surface area contributed by atoms with Crippen LogP contribution in [0.2, 0.25) is 0 Å². The van der Waals surface area contributed by atoms with E-state index in [1.54, 1.807) is 72.8 Å². The highest BCUT2D eigenvalue weighted by Crippen LogP contribution is 2.28. The van der Waals surface area contributed by atoms with E-state index < -0.39 is 22.5 Å². The summed E-state index contributed by atoms with van der Waals surface area (Å²) in [5.41, 5.74) is 0.803. The number of hydrogen-bond donors (Lipinski definition) is 1. The average Bonchev–Trinajstić information content (AvgIpc) is 2.92. The Kier molecular flexibility index (Phi) is 8.22. The lowest BCUT2D eigenvalue weighted by atomic mass is 10.3. The third kappa shape index (κ3) is 6.77. The zero-order valence-corrected chi connectivity index (χ0v) is 20.8. The van der Waals surface area contributed by atoms with Crippen LogP contribution in [0.5, 0.6) is 17.2 Å². The molecule has 0 fully saturated rings. The zero-order chi connectivity index (χ0) is 26.1. The average molecular weight is 515 g/mol. The molecular formula is C29H26N2O5S. The molecule has 0 saturated carbocycles. The molecule has 0 atom stereocenters. The SMILES string of the molecule is C=CCOc1cccc(NC(=O)CN(c2ccc(Oc3ccccc3)cc2)S(=O)(=O)c2ccccc2)c1. The first-order chi connectivity index (χ1) is 18.0. The van der Waals surface area contributed by atoms with E-state index in [4.69, 9.17) is 9.47 Å². The summed E-state index contributed by atoms with van der Waals surface area (Å²) < 4.78 is 39.5. The van der Waals surface area contributed by atoms with Gasteiger partial charge in [-0.1, -0.05) is 55.1 Å². The van der Waals surface area contributed by atoms with Crippen LogP contribution in [0.3, 0.4) is 0 Å². The number of carbonyl (C=O) groups is 1. The molecule has 188 valence electrons. The van der Waals surface area contributed by atoms with Crippen LogP contribution in [-0.2, 0) is 14.8 Å². The van der Waals surface area contributed by atoms with Gasteiger partial charge >= 0.3 is 0 Å². The van der Waals surface area contributed by atoms with Gasteiger partial charge in [-0.25, -0.2) is 8.42 Å². The van der Waals surface area contributed by atoms with Gasteiger partial charge in [0, 0.05) is 11.8 Å².